The molecule has 4 rings (SSSR count). The second kappa shape index (κ2) is 5.83. The van der Waals surface area contributed by atoms with Gasteiger partial charge >= 0.3 is 0 Å². The lowest BCUT2D eigenvalue weighted by molar-refractivity contribution is -0.384. The number of nitro benzene ring substituents is 1. The van der Waals surface area contributed by atoms with Gasteiger partial charge in [0.15, 0.2) is 0 Å². The van der Waals surface area contributed by atoms with Crippen LogP contribution in [0.5, 0.6) is 0 Å². The molecule has 122 valence electrons. The molecule has 0 atom stereocenters. The van der Waals surface area contributed by atoms with Crippen molar-refractivity contribution in [3.8, 4) is 22.5 Å². The van der Waals surface area contributed by atoms with Crippen molar-refractivity contribution in [2.45, 2.75) is 0 Å². The summed E-state index contributed by atoms with van der Waals surface area (Å²) in [4.78, 5) is 15.1. The van der Waals surface area contributed by atoms with Crippen molar-refractivity contribution in [2.24, 2.45) is 0 Å². The van der Waals surface area contributed by atoms with E-state index in [0.717, 1.165) is 22.5 Å². The quantitative estimate of drug-likeness (QED) is 0.403. The van der Waals surface area contributed by atoms with E-state index in [9.17, 15) is 14.5 Å². The molecule has 4 aromatic rings. The predicted octanol–water partition coefficient (Wildman–Crippen LogP) is 4.72. The first-order valence-electron chi connectivity index (χ1n) is 7.61. The molecule has 5 nitrogen and oxygen atoms in total. The summed E-state index contributed by atoms with van der Waals surface area (Å²) in [6.07, 6.45) is 1.88. The van der Waals surface area contributed by atoms with Gasteiger partial charge in [-0.1, -0.05) is 6.07 Å². The predicted molar refractivity (Wildman–Crippen MR) is 92.7 cm³/mol. The van der Waals surface area contributed by atoms with E-state index in [1.54, 1.807) is 24.3 Å². The molecule has 0 saturated heterocycles. The number of hydrogen-bond acceptors (Lipinski definition) is 3. The van der Waals surface area contributed by atoms with Crippen molar-refractivity contribution in [3.63, 3.8) is 0 Å². The third-order valence-electron chi connectivity index (χ3n) is 4.00. The number of nitrogens with zero attached hydrogens (tertiary/aromatic N) is 3. The Labute approximate surface area is 142 Å². The maximum absolute atomic E-state index is 13.3. The summed E-state index contributed by atoms with van der Waals surface area (Å²) in [5, 5.41) is 10.9. The van der Waals surface area contributed by atoms with Crippen LogP contribution in [0.2, 0.25) is 0 Å². The lowest BCUT2D eigenvalue weighted by atomic mass is 10.0. The second-order valence-electron chi connectivity index (χ2n) is 5.55. The highest BCUT2D eigenvalue weighted by atomic mass is 19.1. The Bertz CT molecular complexity index is 1070. The number of pyridine rings is 1. The molecule has 0 unspecified atom stereocenters. The standard InChI is InChI=1S/C19H12FN3O2/c20-15-8-4-13(5-9-15)18-19(22-12-2-1-3-17(22)21-18)14-6-10-16(11-7-14)23(24)25/h1-12H. The minimum absolute atomic E-state index is 0.0286. The Hall–Kier alpha value is -3.54. The Balaban J connectivity index is 1.96. The van der Waals surface area contributed by atoms with E-state index in [2.05, 4.69) is 4.98 Å². The molecule has 25 heavy (non-hydrogen) atoms. The number of benzene rings is 2. The van der Waals surface area contributed by atoms with E-state index in [0.29, 0.717) is 5.69 Å². The molecule has 0 amide bonds. The van der Waals surface area contributed by atoms with Gasteiger partial charge < -0.3 is 0 Å². The summed E-state index contributed by atoms with van der Waals surface area (Å²) in [6, 6.07) is 18.1. The number of aromatic nitrogens is 2. The maximum Gasteiger partial charge on any atom is 0.269 e. The zero-order chi connectivity index (χ0) is 17.4. The van der Waals surface area contributed by atoms with Crippen molar-refractivity contribution >= 4 is 11.3 Å². The van der Waals surface area contributed by atoms with Gasteiger partial charge in [-0.05, 0) is 48.5 Å². The summed E-state index contributed by atoms with van der Waals surface area (Å²) >= 11 is 0. The molecule has 0 bridgehead atoms. The summed E-state index contributed by atoms with van der Waals surface area (Å²) in [7, 11) is 0. The number of imidazole rings is 1. The number of nitro groups is 1. The lowest BCUT2D eigenvalue weighted by Gasteiger charge is -2.06. The molecule has 0 fully saturated rings. The van der Waals surface area contributed by atoms with Crippen LogP contribution in [0.3, 0.4) is 0 Å². The summed E-state index contributed by atoms with van der Waals surface area (Å²) < 4.78 is 15.2. The molecule has 2 heterocycles. The number of fused-ring (bicyclic) bond motifs is 1. The monoisotopic (exact) mass is 333 g/mol. The first-order valence-corrected chi connectivity index (χ1v) is 7.61. The Morgan fingerprint density at radius 1 is 0.920 bits per heavy atom. The van der Waals surface area contributed by atoms with E-state index < -0.39 is 4.92 Å². The van der Waals surface area contributed by atoms with Crippen LogP contribution in [0.15, 0.2) is 72.9 Å². The fourth-order valence-electron chi connectivity index (χ4n) is 2.82. The van der Waals surface area contributed by atoms with E-state index >= 15 is 0 Å². The third kappa shape index (κ3) is 2.63. The van der Waals surface area contributed by atoms with Gasteiger partial charge in [-0.25, -0.2) is 9.37 Å². The van der Waals surface area contributed by atoms with Gasteiger partial charge in [0.2, 0.25) is 0 Å². The van der Waals surface area contributed by atoms with Crippen LogP contribution in [-0.4, -0.2) is 14.3 Å². The van der Waals surface area contributed by atoms with Crippen LogP contribution in [0.25, 0.3) is 28.2 Å². The Morgan fingerprint density at radius 3 is 2.28 bits per heavy atom. The average Bonchev–Trinajstić information content (AvgIpc) is 3.02. The highest BCUT2D eigenvalue weighted by molar-refractivity contribution is 5.82. The number of halogens is 1. The molecule has 0 saturated carbocycles. The number of hydrogen-bond donors (Lipinski definition) is 0. The van der Waals surface area contributed by atoms with Gasteiger partial charge in [-0.15, -0.1) is 0 Å². The normalized spacial score (nSPS) is 10.9. The summed E-state index contributed by atoms with van der Waals surface area (Å²) in [6.45, 7) is 0. The molecule has 2 aromatic carbocycles. The van der Waals surface area contributed by atoms with Crippen LogP contribution in [0.4, 0.5) is 10.1 Å². The average molecular weight is 333 g/mol. The van der Waals surface area contributed by atoms with Crippen LogP contribution < -0.4 is 0 Å². The van der Waals surface area contributed by atoms with Crippen molar-refractivity contribution in [1.82, 2.24) is 9.38 Å². The van der Waals surface area contributed by atoms with Crippen LogP contribution >= 0.6 is 0 Å². The van der Waals surface area contributed by atoms with Gasteiger partial charge in [0.25, 0.3) is 5.69 Å². The zero-order valence-corrected chi connectivity index (χ0v) is 13.0. The van der Waals surface area contributed by atoms with E-state index in [1.807, 2.05) is 28.8 Å². The number of non-ortho nitro benzene ring substituents is 1. The first-order chi connectivity index (χ1) is 12.1. The number of rotatable bonds is 3. The minimum atomic E-state index is -0.431. The van der Waals surface area contributed by atoms with Gasteiger partial charge in [-0.3, -0.25) is 14.5 Å². The maximum atomic E-state index is 13.3. The smallest absolute Gasteiger partial charge is 0.269 e. The van der Waals surface area contributed by atoms with Crippen LogP contribution in [-0.2, 0) is 0 Å². The molecule has 6 heteroatoms. The second-order valence-corrected chi connectivity index (χ2v) is 5.55. The highest BCUT2D eigenvalue weighted by Crippen LogP contribution is 2.33. The third-order valence-corrected chi connectivity index (χ3v) is 4.00. The van der Waals surface area contributed by atoms with Crippen LogP contribution in [0.1, 0.15) is 0 Å². The van der Waals surface area contributed by atoms with E-state index in [1.165, 1.54) is 24.3 Å². The largest absolute Gasteiger partial charge is 0.299 e. The summed E-state index contributed by atoms with van der Waals surface area (Å²) in [5.41, 5.74) is 3.84. The van der Waals surface area contributed by atoms with Crippen molar-refractivity contribution in [1.29, 1.82) is 0 Å². The minimum Gasteiger partial charge on any atom is -0.299 e. The van der Waals surface area contributed by atoms with Crippen molar-refractivity contribution < 1.29 is 9.31 Å². The van der Waals surface area contributed by atoms with E-state index in [4.69, 9.17) is 0 Å². The molecular formula is C19H12FN3O2. The molecule has 2 aromatic heterocycles. The molecular weight excluding hydrogens is 321 g/mol. The molecule has 0 N–H and O–H groups in total. The lowest BCUT2D eigenvalue weighted by Crippen LogP contribution is -1.91. The van der Waals surface area contributed by atoms with Crippen molar-refractivity contribution in [3.05, 3.63) is 88.9 Å². The Morgan fingerprint density at radius 2 is 1.60 bits per heavy atom. The molecule has 0 radical (unpaired) electrons. The van der Waals surface area contributed by atoms with Crippen LogP contribution in [0, 0.1) is 15.9 Å². The highest BCUT2D eigenvalue weighted by Gasteiger charge is 2.16. The summed E-state index contributed by atoms with van der Waals surface area (Å²) in [5.74, 6) is -0.315. The SMILES string of the molecule is O=[N+]([O-])c1ccc(-c2c(-c3ccc(F)cc3)nc3ccccn23)cc1. The van der Waals surface area contributed by atoms with Gasteiger partial charge in [0, 0.05) is 29.5 Å². The fraction of sp³-hybridized carbons (Fsp3) is 0. The van der Waals surface area contributed by atoms with Gasteiger partial charge in [-0.2, -0.15) is 0 Å². The molecule has 0 spiro atoms. The van der Waals surface area contributed by atoms with Gasteiger partial charge in [0.1, 0.15) is 11.5 Å². The first kappa shape index (κ1) is 15.0. The molecule has 0 aliphatic heterocycles. The molecule has 0 aliphatic carbocycles. The topological polar surface area (TPSA) is 60.4 Å². The molecule has 0 aliphatic rings. The van der Waals surface area contributed by atoms with Gasteiger partial charge in [0.05, 0.1) is 16.3 Å². The van der Waals surface area contributed by atoms with E-state index in [-0.39, 0.29) is 11.5 Å². The van der Waals surface area contributed by atoms with Crippen molar-refractivity contribution in [2.75, 3.05) is 0 Å². The zero-order valence-electron chi connectivity index (χ0n) is 13.0. The fourth-order valence-corrected chi connectivity index (χ4v) is 2.82. The Kier molecular flexibility index (Phi) is 3.50.